The topological polar surface area (TPSA) is 70.4 Å². The second kappa shape index (κ2) is 10.4. The van der Waals surface area contributed by atoms with Gasteiger partial charge in [0, 0.05) is 34.9 Å². The number of nitrogens with one attached hydrogen (secondary N) is 2. The molecule has 3 heterocycles. The summed E-state index contributed by atoms with van der Waals surface area (Å²) in [6, 6.07) is 26.7. The molecule has 6 nitrogen and oxygen atoms in total. The van der Waals surface area contributed by atoms with Gasteiger partial charge < -0.3 is 20.0 Å². The van der Waals surface area contributed by atoms with Gasteiger partial charge in [0.15, 0.2) is 5.11 Å². The number of carbonyl (C=O) groups excluding carboxylic acids is 1. The number of carbonyl (C=O) groups is 1. The molecule has 0 bridgehead atoms. The summed E-state index contributed by atoms with van der Waals surface area (Å²) >= 11 is 9.17. The van der Waals surface area contributed by atoms with E-state index in [1.807, 2.05) is 89.8 Å². The summed E-state index contributed by atoms with van der Waals surface area (Å²) in [6.07, 6.45) is 2.05. The molecule has 2 aromatic carbocycles. The number of furan rings is 1. The lowest BCUT2D eigenvalue weighted by Crippen LogP contribution is -2.32. The van der Waals surface area contributed by atoms with E-state index in [2.05, 4.69) is 31.5 Å². The molecule has 2 unspecified atom stereocenters. The predicted octanol–water partition coefficient (Wildman–Crippen LogP) is 6.11. The molecule has 0 saturated carbocycles. The maximum absolute atomic E-state index is 12.6. The highest BCUT2D eigenvalue weighted by atomic mass is 79.9. The highest BCUT2D eigenvalue weighted by Crippen LogP contribution is 2.40. The molecule has 8 heteroatoms. The lowest BCUT2D eigenvalue weighted by molar-refractivity contribution is -0.116. The Labute approximate surface area is 217 Å². The number of aromatic nitrogens is 1. The van der Waals surface area contributed by atoms with Crippen LogP contribution in [-0.2, 0) is 4.79 Å². The zero-order valence-corrected chi connectivity index (χ0v) is 21.1. The van der Waals surface area contributed by atoms with E-state index < -0.39 is 0 Å². The maximum Gasteiger partial charge on any atom is 0.226 e. The maximum atomic E-state index is 12.6. The van der Waals surface area contributed by atoms with Crippen molar-refractivity contribution in [3.05, 3.63) is 107 Å². The predicted molar refractivity (Wildman–Crippen MR) is 144 cm³/mol. The van der Waals surface area contributed by atoms with Crippen molar-refractivity contribution in [1.29, 1.82) is 0 Å². The van der Waals surface area contributed by atoms with Crippen LogP contribution in [0.1, 0.15) is 30.0 Å². The highest BCUT2D eigenvalue weighted by Gasteiger charge is 2.41. The molecule has 1 aliphatic rings. The van der Waals surface area contributed by atoms with Crippen LogP contribution < -0.4 is 10.6 Å². The van der Waals surface area contributed by atoms with Gasteiger partial charge in [-0.25, -0.2) is 0 Å². The fourth-order valence-corrected chi connectivity index (χ4v) is 4.80. The van der Waals surface area contributed by atoms with Crippen LogP contribution in [0.2, 0.25) is 0 Å². The van der Waals surface area contributed by atoms with E-state index in [-0.39, 0.29) is 24.4 Å². The summed E-state index contributed by atoms with van der Waals surface area (Å²) in [7, 11) is 0. The molecule has 4 aromatic rings. The van der Waals surface area contributed by atoms with Gasteiger partial charge in [-0.15, -0.1) is 0 Å². The standard InChI is InChI=1S/C27H23BrN4O2S/c28-19-11-9-18(10-12-19)22-13-14-23(34-22)26-25(21-8-4-5-16-29-21)31-27(35)32(26)17-15-24(33)30-20-6-2-1-3-7-20/h1-14,16,25-26H,15,17H2,(H,30,33)(H,31,35). The fraction of sp³-hybridized carbons (Fsp3) is 0.148. The lowest BCUT2D eigenvalue weighted by atomic mass is 10.0. The average Bonchev–Trinajstić information content (AvgIpc) is 3.49. The third kappa shape index (κ3) is 5.28. The minimum absolute atomic E-state index is 0.0750. The Morgan fingerprint density at radius 3 is 2.54 bits per heavy atom. The minimum atomic E-state index is -0.244. The highest BCUT2D eigenvalue weighted by molar-refractivity contribution is 9.10. The van der Waals surface area contributed by atoms with Crippen LogP contribution >= 0.6 is 28.1 Å². The van der Waals surface area contributed by atoms with Gasteiger partial charge in [0.05, 0.1) is 11.7 Å². The molecule has 2 atom stereocenters. The molecule has 0 spiro atoms. The van der Waals surface area contributed by atoms with E-state index in [0.717, 1.165) is 32.9 Å². The van der Waals surface area contributed by atoms with Crippen molar-refractivity contribution in [2.75, 3.05) is 11.9 Å². The minimum Gasteiger partial charge on any atom is -0.459 e. The van der Waals surface area contributed by atoms with Crippen LogP contribution in [0.4, 0.5) is 5.69 Å². The molecule has 2 N–H and O–H groups in total. The van der Waals surface area contributed by atoms with E-state index in [1.54, 1.807) is 6.20 Å². The van der Waals surface area contributed by atoms with Crippen molar-refractivity contribution in [1.82, 2.24) is 15.2 Å². The summed E-state index contributed by atoms with van der Waals surface area (Å²) < 4.78 is 7.35. The molecular weight excluding hydrogens is 524 g/mol. The third-order valence-corrected chi connectivity index (χ3v) is 6.76. The zero-order valence-electron chi connectivity index (χ0n) is 18.7. The van der Waals surface area contributed by atoms with Crippen LogP contribution in [0.3, 0.4) is 0 Å². The first kappa shape index (κ1) is 23.3. The SMILES string of the molecule is O=C(CCN1C(=S)NC(c2ccccn2)C1c1ccc(-c2ccc(Br)cc2)o1)Nc1ccccc1. The number of rotatable bonds is 7. The molecule has 5 rings (SSSR count). The summed E-state index contributed by atoms with van der Waals surface area (Å²) in [5.41, 5.74) is 2.61. The number of hydrogen-bond donors (Lipinski definition) is 2. The normalized spacial score (nSPS) is 17.3. The Morgan fingerprint density at radius 2 is 1.80 bits per heavy atom. The summed E-state index contributed by atoms with van der Waals surface area (Å²) in [5.74, 6) is 1.45. The molecule has 1 amide bonds. The number of benzene rings is 2. The van der Waals surface area contributed by atoms with Gasteiger partial charge in [-0.3, -0.25) is 9.78 Å². The first-order valence-corrected chi connectivity index (χ1v) is 12.5. The molecular formula is C27H23BrN4O2S. The molecule has 0 aliphatic carbocycles. The third-order valence-electron chi connectivity index (χ3n) is 5.88. The quantitative estimate of drug-likeness (QED) is 0.273. The van der Waals surface area contributed by atoms with Gasteiger partial charge in [-0.1, -0.05) is 52.3 Å². The van der Waals surface area contributed by atoms with Crippen LogP contribution in [0.25, 0.3) is 11.3 Å². The summed E-state index contributed by atoms with van der Waals surface area (Å²) in [4.78, 5) is 19.2. The van der Waals surface area contributed by atoms with E-state index >= 15 is 0 Å². The monoisotopic (exact) mass is 546 g/mol. The van der Waals surface area contributed by atoms with Crippen molar-refractivity contribution in [2.45, 2.75) is 18.5 Å². The second-order valence-corrected chi connectivity index (χ2v) is 9.50. The molecule has 1 fully saturated rings. The van der Waals surface area contributed by atoms with Gasteiger partial charge in [0.25, 0.3) is 0 Å². The van der Waals surface area contributed by atoms with Gasteiger partial charge in [-0.05, 0) is 60.7 Å². The molecule has 2 aromatic heterocycles. The van der Waals surface area contributed by atoms with Gasteiger partial charge in [0.1, 0.15) is 17.6 Å². The van der Waals surface area contributed by atoms with Gasteiger partial charge >= 0.3 is 0 Å². The number of thiocarbonyl (C=S) groups is 1. The van der Waals surface area contributed by atoms with Crippen LogP contribution in [0.5, 0.6) is 0 Å². The average molecular weight is 547 g/mol. The number of nitrogens with zero attached hydrogens (tertiary/aromatic N) is 2. The van der Waals surface area contributed by atoms with Crippen molar-refractivity contribution in [3.63, 3.8) is 0 Å². The van der Waals surface area contributed by atoms with E-state index in [0.29, 0.717) is 11.7 Å². The molecule has 176 valence electrons. The molecule has 1 aliphatic heterocycles. The largest absolute Gasteiger partial charge is 0.459 e. The summed E-state index contributed by atoms with van der Waals surface area (Å²) in [5, 5.41) is 6.90. The van der Waals surface area contributed by atoms with Crippen molar-refractivity contribution in [3.8, 4) is 11.3 Å². The zero-order chi connectivity index (χ0) is 24.2. The van der Waals surface area contributed by atoms with Crippen LogP contribution in [0, 0.1) is 0 Å². The van der Waals surface area contributed by atoms with Gasteiger partial charge in [0.2, 0.25) is 5.91 Å². The second-order valence-electron chi connectivity index (χ2n) is 8.19. The van der Waals surface area contributed by atoms with E-state index in [4.69, 9.17) is 16.6 Å². The lowest BCUT2D eigenvalue weighted by Gasteiger charge is -2.25. The van der Waals surface area contributed by atoms with Crippen molar-refractivity contribution in [2.24, 2.45) is 0 Å². The van der Waals surface area contributed by atoms with E-state index in [1.165, 1.54) is 0 Å². The summed E-state index contributed by atoms with van der Waals surface area (Å²) in [6.45, 7) is 0.437. The Hall–Kier alpha value is -3.49. The molecule has 0 radical (unpaired) electrons. The number of anilines is 1. The number of amides is 1. The first-order valence-electron chi connectivity index (χ1n) is 11.3. The first-order chi connectivity index (χ1) is 17.1. The number of para-hydroxylation sites is 1. The Bertz CT molecular complexity index is 1310. The Morgan fingerprint density at radius 1 is 1.03 bits per heavy atom. The molecule has 35 heavy (non-hydrogen) atoms. The molecule has 1 saturated heterocycles. The number of halogens is 1. The van der Waals surface area contributed by atoms with Crippen LogP contribution in [-0.4, -0.2) is 27.4 Å². The number of pyridine rings is 1. The van der Waals surface area contributed by atoms with Crippen molar-refractivity contribution < 1.29 is 9.21 Å². The fourth-order valence-electron chi connectivity index (χ4n) is 4.20. The van der Waals surface area contributed by atoms with Gasteiger partial charge in [-0.2, -0.15) is 0 Å². The number of hydrogen-bond acceptors (Lipinski definition) is 4. The van der Waals surface area contributed by atoms with Crippen molar-refractivity contribution >= 4 is 44.9 Å². The van der Waals surface area contributed by atoms with E-state index in [9.17, 15) is 4.79 Å². The van der Waals surface area contributed by atoms with Crippen LogP contribution in [0.15, 0.2) is 100 Å². The Balaban J connectivity index is 1.40. The smallest absolute Gasteiger partial charge is 0.226 e. The Kier molecular flexibility index (Phi) is 6.92.